The van der Waals surface area contributed by atoms with E-state index in [0.29, 0.717) is 40.7 Å². The topological polar surface area (TPSA) is 490 Å². The maximum Gasteiger partial charge on any atom is 0.305 e. The number of nitrogens with one attached hydrogen (secondary N) is 9. The van der Waals surface area contributed by atoms with Crippen LogP contribution in [-0.4, -0.2) is 262 Å². The largest absolute Gasteiger partial charge is 0.508 e. The zero-order chi connectivity index (χ0) is 95.9. The van der Waals surface area contributed by atoms with Crippen molar-refractivity contribution in [2.24, 2.45) is 23.3 Å². The number of thiophene rings is 1. The van der Waals surface area contributed by atoms with Crippen LogP contribution < -0.4 is 59.3 Å². The maximum absolute atomic E-state index is 15.5. The lowest BCUT2D eigenvalue weighted by atomic mass is 9.98. The fraction of sp³-hybridized carbons (Fsp3) is 0.426. The first-order valence-electron chi connectivity index (χ1n) is 43.2. The minimum absolute atomic E-state index is 0.00116. The number of unbranched alkanes of at least 4 members (excludes halogenated alkanes) is 1. The maximum atomic E-state index is 15.5. The fourth-order valence-electron chi connectivity index (χ4n) is 15.1. The Kier molecular flexibility index (Phi) is 39.5. The predicted octanol–water partition coefficient (Wildman–Crippen LogP) is 2.95. The van der Waals surface area contributed by atoms with Gasteiger partial charge < -0.3 is 94.0 Å². The van der Waals surface area contributed by atoms with Crippen LogP contribution in [0.2, 0.25) is 0 Å². The Labute approximate surface area is 768 Å². The molecule has 2 heterocycles. The molecule has 0 saturated carbocycles. The van der Waals surface area contributed by atoms with E-state index >= 15 is 42.7 Å². The number of carbonyl (C=O) groups is 16. The molecule has 702 valence electrons. The summed E-state index contributed by atoms with van der Waals surface area (Å²) in [5.74, 6) is -18.4. The molecule has 7 aromatic rings. The number of carboxylic acids is 1. The smallest absolute Gasteiger partial charge is 0.305 e. The van der Waals surface area contributed by atoms with Gasteiger partial charge in [-0.25, -0.2) is 4.39 Å². The van der Waals surface area contributed by atoms with Crippen LogP contribution >= 0.6 is 23.1 Å². The lowest BCUT2D eigenvalue weighted by Crippen LogP contribution is -2.61. The third-order valence-electron chi connectivity index (χ3n) is 22.3. The summed E-state index contributed by atoms with van der Waals surface area (Å²) >= 11 is 2.13. The molecule has 0 spiro atoms. The van der Waals surface area contributed by atoms with Crippen molar-refractivity contribution in [1.29, 1.82) is 0 Å². The molecular formula is C94H119FN16O18S2. The molecular weight excluding hydrogens is 1720 g/mol. The number of carbonyl (C=O) groups excluding carboxylic acids is 15. The van der Waals surface area contributed by atoms with Gasteiger partial charge in [0.25, 0.3) is 0 Å². The third kappa shape index (κ3) is 31.3. The van der Waals surface area contributed by atoms with Gasteiger partial charge in [-0.2, -0.15) is 0 Å². The molecule has 11 atom stereocenters. The van der Waals surface area contributed by atoms with E-state index in [1.807, 2.05) is 25.1 Å². The number of primary amides is 1. The molecule has 1 aromatic heterocycles. The number of hydrogen-bond donors (Lipinski definition) is 13. The molecule has 15 amide bonds. The number of nitrogens with zero attached hydrogens (tertiary/aromatic N) is 5. The summed E-state index contributed by atoms with van der Waals surface area (Å²) in [5, 5.41) is 47.1. The minimum atomic E-state index is -1.92. The summed E-state index contributed by atoms with van der Waals surface area (Å²) in [4.78, 5) is 241. The van der Waals surface area contributed by atoms with E-state index in [2.05, 4.69) is 47.9 Å². The molecule has 0 radical (unpaired) electrons. The van der Waals surface area contributed by atoms with Crippen molar-refractivity contribution in [2.45, 2.75) is 178 Å². The van der Waals surface area contributed by atoms with Crippen molar-refractivity contribution in [3.05, 3.63) is 208 Å². The Morgan fingerprint density at radius 1 is 0.496 bits per heavy atom. The van der Waals surface area contributed by atoms with Gasteiger partial charge in [0.15, 0.2) is 0 Å². The Bertz CT molecular complexity index is 5170. The van der Waals surface area contributed by atoms with Crippen LogP contribution in [-0.2, 0) is 122 Å². The number of hydrogen-bond acceptors (Lipinski definition) is 20. The van der Waals surface area contributed by atoms with Gasteiger partial charge in [0.1, 0.15) is 78.0 Å². The van der Waals surface area contributed by atoms with Crippen LogP contribution in [0.4, 0.5) is 4.39 Å². The van der Waals surface area contributed by atoms with E-state index < -0.39 is 210 Å². The lowest BCUT2D eigenvalue weighted by Gasteiger charge is -2.37. The van der Waals surface area contributed by atoms with Crippen LogP contribution in [0.15, 0.2) is 163 Å². The Balaban J connectivity index is 1.22. The molecule has 8 rings (SSSR count). The molecule has 1 unspecified atom stereocenters. The van der Waals surface area contributed by atoms with Crippen LogP contribution in [0.1, 0.15) is 106 Å². The highest BCUT2D eigenvalue weighted by Crippen LogP contribution is 2.28. The Morgan fingerprint density at radius 2 is 0.985 bits per heavy atom. The number of likely N-dealkylation sites (N-methyl/N-ethyl adjacent to an activating group) is 5. The van der Waals surface area contributed by atoms with Gasteiger partial charge in [-0.3, -0.25) is 76.7 Å². The number of nitrogens with two attached hydrogens (primary N) is 2. The van der Waals surface area contributed by atoms with Crippen molar-refractivity contribution in [3.8, 4) is 5.75 Å². The monoisotopic (exact) mass is 1840 g/mol. The summed E-state index contributed by atoms with van der Waals surface area (Å²) in [6.07, 6.45) is -1.80. The van der Waals surface area contributed by atoms with E-state index in [1.54, 1.807) is 124 Å². The second kappa shape index (κ2) is 50.1. The van der Waals surface area contributed by atoms with Crippen LogP contribution in [0.5, 0.6) is 5.75 Å². The first kappa shape index (κ1) is 103. The summed E-state index contributed by atoms with van der Waals surface area (Å²) < 4.78 is 15.9. The highest BCUT2D eigenvalue weighted by molar-refractivity contribution is 8.00. The second-order valence-corrected chi connectivity index (χ2v) is 35.4. The molecule has 6 aromatic carbocycles. The molecule has 1 aliphatic rings. The zero-order valence-electron chi connectivity index (χ0n) is 75.1. The number of fused-ring (bicyclic) bond motifs is 1. The van der Waals surface area contributed by atoms with Crippen molar-refractivity contribution < 1.29 is 91.3 Å². The van der Waals surface area contributed by atoms with E-state index in [1.165, 1.54) is 83.0 Å². The summed E-state index contributed by atoms with van der Waals surface area (Å²) in [6, 6.07) is 24.8. The van der Waals surface area contributed by atoms with E-state index in [4.69, 9.17) is 11.5 Å². The average Bonchev–Trinajstić information content (AvgIpc) is 1.78. The van der Waals surface area contributed by atoms with Crippen LogP contribution in [0.3, 0.4) is 0 Å². The predicted molar refractivity (Wildman–Crippen MR) is 492 cm³/mol. The van der Waals surface area contributed by atoms with Crippen LogP contribution in [0, 0.1) is 17.7 Å². The zero-order valence-corrected chi connectivity index (χ0v) is 76.8. The first-order chi connectivity index (χ1) is 62.3. The van der Waals surface area contributed by atoms with Crippen molar-refractivity contribution in [2.75, 3.05) is 66.4 Å². The van der Waals surface area contributed by atoms with Gasteiger partial charge >= 0.3 is 5.97 Å². The van der Waals surface area contributed by atoms with E-state index in [9.17, 15) is 48.6 Å². The van der Waals surface area contributed by atoms with Gasteiger partial charge in [0.2, 0.25) is 88.6 Å². The standard InChI is InChI=1S/C94H119FN16O18S2/c1-11-12-29-74-92(127)108(7)51-80(115)100-70(47-82(117)118)88(123)106-83(56(4)5)94(129)110(9)75(44-57-22-15-13-16-23-57)89(124)104-71(42-59-31-33-61(48-96)34-32-59)90(125)107(6)50-79(114)99-69(46-63-52-131-77-30-20-19-28-66(63)77)87(122)103-68(41-60-35-37-65(112)38-36-60)86(121)102-67(39-55(2)3)85(120)105-73(84(119)98-49-78(97)113)53-130-54-81(116)101-72(43-62-26-21-27-64(95)40-62)91(126)111(10)76(93(128)109(74)8)45-58-24-17-14-18-25-58/h13-28,30-38,40,52,55-56,67-76,83,112H,11-12,29,39,41-51,53-54,96H2,1-10H3,(H2,97,113)(H,98,119)(H,99,114)(H,100,115)(H,101,116)(H,102,121)(H,103,122)(H,104,124)(H,105,120)(H,106,123)(H,117,118)/t67-,68-,69-,70-,71-,72-,73?,74-,75-,76-,83-/m0/s1. The summed E-state index contributed by atoms with van der Waals surface area (Å²) in [6.45, 7) is 6.28. The van der Waals surface area contributed by atoms with Gasteiger partial charge in [0, 0.05) is 90.8 Å². The number of phenols is 1. The minimum Gasteiger partial charge on any atom is -0.508 e. The highest BCUT2D eigenvalue weighted by atomic mass is 32.2. The summed E-state index contributed by atoms with van der Waals surface area (Å²) in [7, 11) is 6.46. The number of carboxylic acid groups (broad SMARTS) is 1. The Hall–Kier alpha value is -13.2. The van der Waals surface area contributed by atoms with Crippen molar-refractivity contribution in [3.63, 3.8) is 0 Å². The number of halogens is 1. The summed E-state index contributed by atoms with van der Waals surface area (Å²) in [5.41, 5.74) is 15.0. The molecule has 0 aliphatic carbocycles. The molecule has 1 aliphatic heterocycles. The number of thioether (sulfide) groups is 1. The number of amides is 15. The number of benzene rings is 6. The quantitative estimate of drug-likeness (QED) is 0.0413. The molecule has 15 N–H and O–H groups in total. The number of aromatic hydroxyl groups is 1. The number of rotatable bonds is 24. The van der Waals surface area contributed by atoms with Gasteiger partial charge in [-0.15, -0.1) is 23.1 Å². The van der Waals surface area contributed by atoms with E-state index in [-0.39, 0.29) is 75.1 Å². The van der Waals surface area contributed by atoms with Crippen LogP contribution in [0.25, 0.3) is 10.1 Å². The van der Waals surface area contributed by atoms with Crippen molar-refractivity contribution >= 4 is 128 Å². The first-order valence-corrected chi connectivity index (χ1v) is 45.2. The van der Waals surface area contributed by atoms with Gasteiger partial charge in [-0.1, -0.05) is 175 Å². The number of aliphatic carboxylic acids is 1. The molecule has 37 heteroatoms. The van der Waals surface area contributed by atoms with Gasteiger partial charge in [0.05, 0.1) is 31.8 Å². The SMILES string of the molecule is CCCC[C@H]1C(=O)N(C)CC(=O)N[C@@H](CC(=O)O)C(=O)N[C@@H](C(C)C)C(=O)N(C)[C@@H](Cc2ccccc2)C(=O)N[C@@H](Cc2ccc(CN)cc2)C(=O)N(C)CC(=O)N[C@@H](Cc2csc3ccccc23)C(=O)N[C@@H](Cc2ccc(O)cc2)C(=O)N[C@@H](CC(C)C)C(=O)NC(C(=O)NCC(N)=O)CSCC(=O)N[C@@H](Cc2cccc(F)c2)C(=O)N(C)[C@@H](Cc2ccccc2)C(=O)N1C. The Morgan fingerprint density at radius 3 is 1.57 bits per heavy atom. The van der Waals surface area contributed by atoms with E-state index in [0.717, 1.165) is 64.0 Å². The average molecular weight is 1840 g/mol. The normalized spacial score (nSPS) is 21.8. The lowest BCUT2D eigenvalue weighted by molar-refractivity contribution is -0.151. The fourth-order valence-corrected chi connectivity index (χ4v) is 16.9. The second-order valence-electron chi connectivity index (χ2n) is 33.5. The molecule has 131 heavy (non-hydrogen) atoms. The molecule has 1 fully saturated rings. The third-order valence-corrected chi connectivity index (χ3v) is 24.4. The highest BCUT2D eigenvalue weighted by Gasteiger charge is 2.42. The number of phenolic OH excluding ortho intramolecular Hbond substituents is 1. The molecule has 0 bridgehead atoms. The van der Waals surface area contributed by atoms with Gasteiger partial charge in [-0.05, 0) is 105 Å². The molecule has 34 nitrogen and oxygen atoms in total. The van der Waals surface area contributed by atoms with Crippen molar-refractivity contribution in [1.82, 2.24) is 72.4 Å². The molecule has 1 saturated heterocycles.